The average molecular weight is 637 g/mol. The van der Waals surface area contributed by atoms with E-state index in [1.165, 1.54) is 33.9 Å². The van der Waals surface area contributed by atoms with E-state index in [4.69, 9.17) is 26.1 Å². The zero-order chi connectivity index (χ0) is 31.5. The molecule has 17 heteroatoms. The third-order valence-electron chi connectivity index (χ3n) is 7.24. The lowest BCUT2D eigenvalue weighted by atomic mass is 10.1. The van der Waals surface area contributed by atoms with Crippen LogP contribution in [0.4, 0.5) is 15.0 Å². The fraction of sp³-hybridized carbons (Fsp3) is 0.286. The molecule has 5 aromatic rings. The molecule has 232 valence electrons. The van der Waals surface area contributed by atoms with Gasteiger partial charge in [0.05, 0.1) is 43.8 Å². The average Bonchev–Trinajstić information content (AvgIpc) is 3.79. The van der Waals surface area contributed by atoms with Gasteiger partial charge in [-0.3, -0.25) is 14.3 Å². The van der Waals surface area contributed by atoms with Crippen molar-refractivity contribution in [2.75, 3.05) is 38.4 Å². The van der Waals surface area contributed by atoms with Gasteiger partial charge in [-0.25, -0.2) is 19.7 Å². The number of benzene rings is 1. The number of fused-ring (bicyclic) bond motifs is 1. The summed E-state index contributed by atoms with van der Waals surface area (Å²) in [5.41, 5.74) is 1.63. The molecule has 0 saturated carbocycles. The van der Waals surface area contributed by atoms with Gasteiger partial charge < -0.3 is 19.6 Å². The third-order valence-corrected chi connectivity index (χ3v) is 7.47. The lowest BCUT2D eigenvalue weighted by molar-refractivity contribution is 0.0738. The molecule has 1 aliphatic heterocycles. The molecule has 6 rings (SSSR count). The molecule has 1 atom stereocenters. The van der Waals surface area contributed by atoms with Crippen LogP contribution in [0.1, 0.15) is 24.1 Å². The number of nitrogens with zero attached hydrogens (tertiary/aromatic N) is 9. The molecule has 0 fully saturated rings. The number of imidazole rings is 1. The molecule has 0 aliphatic carbocycles. The third kappa shape index (κ3) is 6.15. The number of carbonyl (C=O) groups is 1. The van der Waals surface area contributed by atoms with Gasteiger partial charge in [0.25, 0.3) is 5.56 Å². The van der Waals surface area contributed by atoms with Gasteiger partial charge in [-0.15, -0.1) is 5.10 Å². The molecular weight excluding hydrogens is 611 g/mol. The van der Waals surface area contributed by atoms with Crippen LogP contribution in [0.15, 0.2) is 53.7 Å². The standard InChI is InChI=1S/C28H26ClFN10O5/c1-44-10-11-45-9-8-38(28(42)43)22-6-2-16(14-31-22)25-26(30)35-27(34-25)21-5-7-23-33-19(13-24(41)40(21)23)18-12-17(29)3-4-20(18)39-15-32-36-37-39/h2-4,6,12-15,21H,5,7-11H2,1H3,(H,34,35)(H,42,43)/t21-/m0/s1. The van der Waals surface area contributed by atoms with Gasteiger partial charge in [0.2, 0.25) is 5.95 Å². The molecule has 2 N–H and O–H groups in total. The van der Waals surface area contributed by atoms with Crippen LogP contribution in [0.2, 0.25) is 5.02 Å². The predicted molar refractivity (Wildman–Crippen MR) is 158 cm³/mol. The molecule has 1 aliphatic rings. The molecule has 0 unspecified atom stereocenters. The Bertz CT molecular complexity index is 1880. The van der Waals surface area contributed by atoms with Crippen LogP contribution < -0.4 is 10.5 Å². The van der Waals surface area contributed by atoms with E-state index < -0.39 is 18.1 Å². The van der Waals surface area contributed by atoms with Crippen LogP contribution in [-0.4, -0.2) is 89.4 Å². The number of tetrazole rings is 1. The Morgan fingerprint density at radius 3 is 2.80 bits per heavy atom. The Kier molecular flexibility index (Phi) is 8.59. The molecule has 4 aromatic heterocycles. The molecule has 0 bridgehead atoms. The molecule has 45 heavy (non-hydrogen) atoms. The number of aryl methyl sites for hydroxylation is 1. The van der Waals surface area contributed by atoms with E-state index in [-0.39, 0.29) is 36.0 Å². The minimum Gasteiger partial charge on any atom is -0.465 e. The molecule has 1 aromatic carbocycles. The van der Waals surface area contributed by atoms with Gasteiger partial charge in [0, 0.05) is 41.9 Å². The number of aromatic amines is 1. The summed E-state index contributed by atoms with van der Waals surface area (Å²) in [7, 11) is 1.54. The number of anilines is 1. The highest BCUT2D eigenvalue weighted by Crippen LogP contribution is 2.33. The van der Waals surface area contributed by atoms with Crippen molar-refractivity contribution in [3.63, 3.8) is 0 Å². The van der Waals surface area contributed by atoms with Crippen LogP contribution in [0, 0.1) is 5.95 Å². The predicted octanol–water partition coefficient (Wildman–Crippen LogP) is 3.15. The second kappa shape index (κ2) is 12.9. The SMILES string of the molecule is COCCOCCN(C(=O)O)c1ccc(-c2[nH]c([C@@H]3CCc4nc(-c5cc(Cl)ccc5-n5cnnn5)cc(=O)n43)nc2F)cn1. The van der Waals surface area contributed by atoms with Crippen LogP contribution in [0.5, 0.6) is 0 Å². The minimum absolute atomic E-state index is 0.0514. The van der Waals surface area contributed by atoms with Crippen molar-refractivity contribution in [2.24, 2.45) is 0 Å². The van der Waals surface area contributed by atoms with E-state index in [0.717, 1.165) is 4.90 Å². The van der Waals surface area contributed by atoms with Crippen molar-refractivity contribution in [1.82, 2.24) is 44.7 Å². The zero-order valence-corrected chi connectivity index (χ0v) is 24.6. The Morgan fingerprint density at radius 1 is 1.20 bits per heavy atom. The fourth-order valence-corrected chi connectivity index (χ4v) is 5.32. The van der Waals surface area contributed by atoms with Gasteiger partial charge in [-0.2, -0.15) is 9.07 Å². The Hall–Kier alpha value is -5.06. The molecule has 0 radical (unpaired) electrons. The summed E-state index contributed by atoms with van der Waals surface area (Å²) in [5, 5.41) is 21.4. The molecular formula is C28H26ClFN10O5. The first-order valence-corrected chi connectivity index (χ1v) is 14.2. The second-order valence-corrected chi connectivity index (χ2v) is 10.4. The smallest absolute Gasteiger partial charge is 0.413 e. The van der Waals surface area contributed by atoms with Crippen LogP contribution >= 0.6 is 11.6 Å². The first-order chi connectivity index (χ1) is 21.8. The first-order valence-electron chi connectivity index (χ1n) is 13.8. The number of ether oxygens (including phenoxy) is 2. The normalized spacial score (nSPS) is 14.1. The quantitative estimate of drug-likeness (QED) is 0.203. The van der Waals surface area contributed by atoms with Crippen molar-refractivity contribution in [2.45, 2.75) is 18.9 Å². The summed E-state index contributed by atoms with van der Waals surface area (Å²) in [6, 6.07) is 8.93. The number of rotatable bonds is 11. The molecule has 5 heterocycles. The number of aromatic nitrogens is 9. The van der Waals surface area contributed by atoms with Crippen LogP contribution in [0.25, 0.3) is 28.2 Å². The zero-order valence-electron chi connectivity index (χ0n) is 23.8. The highest BCUT2D eigenvalue weighted by Gasteiger charge is 2.30. The van der Waals surface area contributed by atoms with Crippen LogP contribution in [0.3, 0.4) is 0 Å². The summed E-state index contributed by atoms with van der Waals surface area (Å²) in [5.74, 6) is 0.133. The van der Waals surface area contributed by atoms with Crippen molar-refractivity contribution in [3.05, 3.63) is 81.9 Å². The van der Waals surface area contributed by atoms with E-state index in [2.05, 4.69) is 30.5 Å². The molecule has 0 spiro atoms. The Morgan fingerprint density at radius 2 is 2.07 bits per heavy atom. The number of methoxy groups -OCH3 is 1. The highest BCUT2D eigenvalue weighted by molar-refractivity contribution is 6.31. The van der Waals surface area contributed by atoms with Crippen molar-refractivity contribution in [3.8, 4) is 28.2 Å². The van der Waals surface area contributed by atoms with Crippen molar-refractivity contribution >= 4 is 23.5 Å². The lowest BCUT2D eigenvalue weighted by Crippen LogP contribution is -2.33. The first kappa shape index (κ1) is 30.0. The monoisotopic (exact) mass is 636 g/mol. The number of hydrogen-bond acceptors (Lipinski definition) is 10. The molecule has 15 nitrogen and oxygen atoms in total. The second-order valence-electron chi connectivity index (χ2n) is 9.97. The Balaban J connectivity index is 1.24. The van der Waals surface area contributed by atoms with Crippen molar-refractivity contribution < 1.29 is 23.8 Å². The fourth-order valence-electron chi connectivity index (χ4n) is 5.15. The minimum atomic E-state index is -1.20. The van der Waals surface area contributed by atoms with Gasteiger partial charge in [0.15, 0.2) is 0 Å². The van der Waals surface area contributed by atoms with E-state index in [1.54, 1.807) is 31.4 Å². The summed E-state index contributed by atoms with van der Waals surface area (Å²) in [4.78, 5) is 42.3. The maximum absolute atomic E-state index is 15.1. The molecule has 1 amide bonds. The number of carboxylic acid groups (broad SMARTS) is 1. The van der Waals surface area contributed by atoms with Crippen LogP contribution in [-0.2, 0) is 15.9 Å². The van der Waals surface area contributed by atoms with E-state index in [9.17, 15) is 14.7 Å². The summed E-state index contributed by atoms with van der Waals surface area (Å²) in [6.07, 6.45) is 2.49. The number of halogens is 2. The number of hydrogen-bond donors (Lipinski definition) is 2. The van der Waals surface area contributed by atoms with Gasteiger partial charge in [0.1, 0.15) is 29.5 Å². The summed E-state index contributed by atoms with van der Waals surface area (Å²) in [6.45, 7) is 0.923. The Labute approximate surface area is 259 Å². The number of amides is 1. The summed E-state index contributed by atoms with van der Waals surface area (Å²) < 4.78 is 28.4. The van der Waals surface area contributed by atoms with Gasteiger partial charge >= 0.3 is 6.09 Å². The number of pyridine rings is 1. The van der Waals surface area contributed by atoms with Crippen molar-refractivity contribution in [1.29, 1.82) is 0 Å². The topological polar surface area (TPSA) is 179 Å². The number of H-pyrrole nitrogens is 1. The number of nitrogens with one attached hydrogen (secondary N) is 1. The maximum Gasteiger partial charge on any atom is 0.413 e. The van der Waals surface area contributed by atoms with E-state index in [1.807, 2.05) is 0 Å². The maximum atomic E-state index is 15.1. The van der Waals surface area contributed by atoms with E-state index in [0.29, 0.717) is 59.4 Å². The summed E-state index contributed by atoms with van der Waals surface area (Å²) >= 11 is 6.27. The highest BCUT2D eigenvalue weighted by atomic mass is 35.5. The molecule has 0 saturated heterocycles. The van der Waals surface area contributed by atoms with Gasteiger partial charge in [-0.1, -0.05) is 11.6 Å². The van der Waals surface area contributed by atoms with E-state index >= 15 is 4.39 Å². The van der Waals surface area contributed by atoms with Gasteiger partial charge in [-0.05, 0) is 47.2 Å². The lowest BCUT2D eigenvalue weighted by Gasteiger charge is -2.18. The largest absolute Gasteiger partial charge is 0.465 e.